The molecule has 1 aromatic heterocycles. The number of hydrogen-bond acceptors (Lipinski definition) is 3. The Morgan fingerprint density at radius 1 is 1.47 bits per heavy atom. The third-order valence-electron chi connectivity index (χ3n) is 2.63. The van der Waals surface area contributed by atoms with Crippen LogP contribution in [0.1, 0.15) is 49.7 Å². The first-order valence-electron chi connectivity index (χ1n) is 5.78. The summed E-state index contributed by atoms with van der Waals surface area (Å²) in [5, 5.41) is 9.21. The molecule has 0 spiro atoms. The highest BCUT2D eigenvalue weighted by Gasteiger charge is 2.27. The number of hydrogen-bond donors (Lipinski definition) is 1. The zero-order chi connectivity index (χ0) is 12.6. The number of carboxylic acid groups (broad SMARTS) is 1. The van der Waals surface area contributed by atoms with E-state index in [1.54, 1.807) is 12.3 Å². The van der Waals surface area contributed by atoms with E-state index >= 15 is 0 Å². The van der Waals surface area contributed by atoms with Crippen molar-refractivity contribution in [2.24, 2.45) is 0 Å². The first-order valence-corrected chi connectivity index (χ1v) is 5.78. The first kappa shape index (κ1) is 11.9. The second kappa shape index (κ2) is 4.02. The largest absolute Gasteiger partial charge is 0.489 e. The Bertz CT molecular complexity index is 444. The molecule has 0 unspecified atom stereocenters. The molecule has 1 saturated carbocycles. The normalized spacial score (nSPS) is 15.7. The quantitative estimate of drug-likeness (QED) is 0.874. The van der Waals surface area contributed by atoms with Gasteiger partial charge in [-0.05, 0) is 18.9 Å². The Morgan fingerprint density at radius 2 is 2.12 bits per heavy atom. The van der Waals surface area contributed by atoms with E-state index in [1.165, 1.54) is 0 Å². The standard InChI is InChI=1S/C13H17NO3/c1-13(2,3)11-10(12(15)16)6-9(7-14-11)17-8-4-5-8/h6-8H,4-5H2,1-3H3,(H,15,16). The number of carbonyl (C=O) groups is 1. The van der Waals surface area contributed by atoms with Crippen LogP contribution in [-0.4, -0.2) is 22.2 Å². The fourth-order valence-electron chi connectivity index (χ4n) is 1.65. The first-order chi connectivity index (χ1) is 7.88. The molecule has 1 fully saturated rings. The Labute approximate surface area is 101 Å². The van der Waals surface area contributed by atoms with Gasteiger partial charge in [0.2, 0.25) is 0 Å². The highest BCUT2D eigenvalue weighted by molar-refractivity contribution is 5.89. The van der Waals surface area contributed by atoms with Gasteiger partial charge in [-0.3, -0.25) is 4.98 Å². The van der Waals surface area contributed by atoms with E-state index in [0.717, 1.165) is 12.8 Å². The lowest BCUT2D eigenvalue weighted by Gasteiger charge is -2.20. The zero-order valence-corrected chi connectivity index (χ0v) is 10.4. The lowest BCUT2D eigenvalue weighted by Crippen LogP contribution is -2.19. The van der Waals surface area contributed by atoms with Crippen molar-refractivity contribution < 1.29 is 14.6 Å². The molecule has 0 aromatic carbocycles. The van der Waals surface area contributed by atoms with Gasteiger partial charge < -0.3 is 9.84 Å². The number of pyridine rings is 1. The molecule has 0 aliphatic heterocycles. The number of aromatic nitrogens is 1. The maximum Gasteiger partial charge on any atom is 0.337 e. The molecule has 92 valence electrons. The monoisotopic (exact) mass is 235 g/mol. The van der Waals surface area contributed by atoms with E-state index in [4.69, 9.17) is 4.74 Å². The summed E-state index contributed by atoms with van der Waals surface area (Å²) in [7, 11) is 0. The Kier molecular flexibility index (Phi) is 2.81. The molecule has 0 bridgehead atoms. The zero-order valence-electron chi connectivity index (χ0n) is 10.4. The van der Waals surface area contributed by atoms with Crippen molar-refractivity contribution in [2.45, 2.75) is 45.1 Å². The van der Waals surface area contributed by atoms with Crippen LogP contribution in [0.4, 0.5) is 0 Å². The van der Waals surface area contributed by atoms with Crippen LogP contribution in [0.2, 0.25) is 0 Å². The van der Waals surface area contributed by atoms with Crippen molar-refractivity contribution in [3.05, 3.63) is 23.5 Å². The van der Waals surface area contributed by atoms with Crippen LogP contribution in [0.25, 0.3) is 0 Å². The van der Waals surface area contributed by atoms with Gasteiger partial charge in [0.25, 0.3) is 0 Å². The van der Waals surface area contributed by atoms with E-state index in [-0.39, 0.29) is 17.1 Å². The van der Waals surface area contributed by atoms with Crippen molar-refractivity contribution >= 4 is 5.97 Å². The summed E-state index contributed by atoms with van der Waals surface area (Å²) in [5.41, 5.74) is 0.537. The average Bonchev–Trinajstić information content (AvgIpc) is 2.99. The molecule has 1 aliphatic carbocycles. The number of aromatic carboxylic acids is 1. The SMILES string of the molecule is CC(C)(C)c1ncc(OC2CC2)cc1C(=O)O. The third kappa shape index (κ3) is 2.75. The minimum absolute atomic E-state index is 0.232. The van der Waals surface area contributed by atoms with Crippen molar-refractivity contribution in [3.63, 3.8) is 0 Å². The second-order valence-electron chi connectivity index (χ2n) is 5.44. The van der Waals surface area contributed by atoms with Crippen LogP contribution in [0.5, 0.6) is 5.75 Å². The lowest BCUT2D eigenvalue weighted by molar-refractivity contribution is 0.0692. The number of carboxylic acids is 1. The fraction of sp³-hybridized carbons (Fsp3) is 0.538. The van der Waals surface area contributed by atoms with Gasteiger partial charge in [0.1, 0.15) is 5.75 Å². The molecule has 0 atom stereocenters. The highest BCUT2D eigenvalue weighted by atomic mass is 16.5. The Hall–Kier alpha value is -1.58. The summed E-state index contributed by atoms with van der Waals surface area (Å²) < 4.78 is 5.56. The van der Waals surface area contributed by atoms with E-state index in [2.05, 4.69) is 4.98 Å². The van der Waals surface area contributed by atoms with Gasteiger partial charge in [-0.1, -0.05) is 20.8 Å². The van der Waals surface area contributed by atoms with Crippen LogP contribution in [0.3, 0.4) is 0 Å². The van der Waals surface area contributed by atoms with Crippen molar-refractivity contribution in [1.82, 2.24) is 4.98 Å². The van der Waals surface area contributed by atoms with E-state index in [0.29, 0.717) is 11.4 Å². The van der Waals surface area contributed by atoms with Gasteiger partial charge in [0.15, 0.2) is 0 Å². The number of nitrogens with zero attached hydrogens (tertiary/aromatic N) is 1. The van der Waals surface area contributed by atoms with Crippen molar-refractivity contribution in [2.75, 3.05) is 0 Å². The van der Waals surface area contributed by atoms with Gasteiger partial charge in [-0.15, -0.1) is 0 Å². The van der Waals surface area contributed by atoms with Crippen LogP contribution in [0.15, 0.2) is 12.3 Å². The summed E-state index contributed by atoms with van der Waals surface area (Å²) in [6.45, 7) is 5.84. The molecule has 0 radical (unpaired) electrons. The van der Waals surface area contributed by atoms with E-state index in [1.807, 2.05) is 20.8 Å². The number of rotatable bonds is 3. The van der Waals surface area contributed by atoms with Gasteiger partial charge >= 0.3 is 5.97 Å². The minimum atomic E-state index is -0.955. The molecule has 1 heterocycles. The summed E-state index contributed by atoms with van der Waals surface area (Å²) in [6, 6.07) is 1.58. The van der Waals surface area contributed by atoms with Crippen LogP contribution >= 0.6 is 0 Å². The summed E-state index contributed by atoms with van der Waals surface area (Å²) in [5.74, 6) is -0.401. The van der Waals surface area contributed by atoms with E-state index in [9.17, 15) is 9.90 Å². The maximum atomic E-state index is 11.2. The highest BCUT2D eigenvalue weighted by Crippen LogP contribution is 2.30. The molecule has 4 heteroatoms. The number of ether oxygens (including phenoxy) is 1. The molecule has 0 saturated heterocycles. The van der Waals surface area contributed by atoms with Gasteiger partial charge in [-0.2, -0.15) is 0 Å². The fourth-order valence-corrected chi connectivity index (χ4v) is 1.65. The summed E-state index contributed by atoms with van der Waals surface area (Å²) in [4.78, 5) is 15.5. The molecular weight excluding hydrogens is 218 g/mol. The third-order valence-corrected chi connectivity index (χ3v) is 2.63. The molecule has 4 nitrogen and oxygen atoms in total. The molecule has 1 aromatic rings. The van der Waals surface area contributed by atoms with Crippen LogP contribution in [-0.2, 0) is 5.41 Å². The lowest BCUT2D eigenvalue weighted by atomic mass is 9.88. The van der Waals surface area contributed by atoms with E-state index < -0.39 is 5.97 Å². The predicted octanol–water partition coefficient (Wildman–Crippen LogP) is 2.62. The van der Waals surface area contributed by atoms with Crippen molar-refractivity contribution in [1.29, 1.82) is 0 Å². The average molecular weight is 235 g/mol. The van der Waals surface area contributed by atoms with Crippen molar-refractivity contribution in [3.8, 4) is 5.75 Å². The topological polar surface area (TPSA) is 59.4 Å². The van der Waals surface area contributed by atoms with Crippen LogP contribution in [0, 0.1) is 0 Å². The molecule has 17 heavy (non-hydrogen) atoms. The Balaban J connectivity index is 2.36. The van der Waals surface area contributed by atoms with Gasteiger partial charge in [0, 0.05) is 5.41 Å². The molecular formula is C13H17NO3. The predicted molar refractivity (Wildman–Crippen MR) is 63.5 cm³/mol. The van der Waals surface area contributed by atoms with Crippen LogP contribution < -0.4 is 4.74 Å². The smallest absolute Gasteiger partial charge is 0.337 e. The summed E-state index contributed by atoms with van der Waals surface area (Å²) in [6.07, 6.45) is 3.96. The van der Waals surface area contributed by atoms with Gasteiger partial charge in [-0.25, -0.2) is 4.79 Å². The Morgan fingerprint density at radius 3 is 2.59 bits per heavy atom. The minimum Gasteiger partial charge on any atom is -0.489 e. The maximum absolute atomic E-state index is 11.2. The molecule has 2 rings (SSSR count). The molecule has 1 aliphatic rings. The second-order valence-corrected chi connectivity index (χ2v) is 5.44. The molecule has 1 N–H and O–H groups in total. The summed E-state index contributed by atoms with van der Waals surface area (Å²) >= 11 is 0. The van der Waals surface area contributed by atoms with Gasteiger partial charge in [0.05, 0.1) is 23.6 Å². The molecule has 0 amide bonds.